The van der Waals surface area contributed by atoms with E-state index in [1.807, 2.05) is 6.07 Å². The monoisotopic (exact) mass is 426 g/mol. The Morgan fingerprint density at radius 1 is 0.966 bits per heavy atom. The fraction of sp³-hybridized carbons (Fsp3) is 0.350. The molecule has 1 aliphatic rings. The minimum atomic E-state index is -4.46. The van der Waals surface area contributed by atoms with Crippen molar-refractivity contribution in [1.82, 2.24) is 5.32 Å². The van der Waals surface area contributed by atoms with Crippen LogP contribution in [0.25, 0.3) is 0 Å². The molecule has 156 valence electrons. The molecule has 0 atom stereocenters. The highest BCUT2D eigenvalue weighted by Crippen LogP contribution is 2.25. The van der Waals surface area contributed by atoms with Crippen LogP contribution in [0, 0.1) is 0 Å². The van der Waals surface area contributed by atoms with Crippen LogP contribution in [0.5, 0.6) is 0 Å². The highest BCUT2D eigenvalue weighted by molar-refractivity contribution is 7.92. The van der Waals surface area contributed by atoms with Crippen LogP contribution < -0.4 is 10.0 Å². The van der Waals surface area contributed by atoms with Crippen molar-refractivity contribution in [2.75, 3.05) is 11.3 Å². The molecule has 29 heavy (non-hydrogen) atoms. The van der Waals surface area contributed by atoms with E-state index in [9.17, 15) is 26.4 Å². The van der Waals surface area contributed by atoms with E-state index >= 15 is 0 Å². The topological polar surface area (TPSA) is 75.3 Å². The van der Waals surface area contributed by atoms with Crippen molar-refractivity contribution < 1.29 is 26.4 Å². The zero-order chi connectivity index (χ0) is 21.1. The number of aryl methyl sites for hydroxylation is 2. The first-order valence-electron chi connectivity index (χ1n) is 9.19. The van der Waals surface area contributed by atoms with Gasteiger partial charge in [0.1, 0.15) is 6.54 Å². The van der Waals surface area contributed by atoms with Crippen LogP contribution in [0.1, 0.15) is 29.5 Å². The van der Waals surface area contributed by atoms with Gasteiger partial charge in [-0.05, 0) is 66.6 Å². The zero-order valence-electron chi connectivity index (χ0n) is 15.6. The number of hydrogen-bond acceptors (Lipinski definition) is 3. The van der Waals surface area contributed by atoms with Gasteiger partial charge in [0, 0.05) is 5.69 Å². The number of benzene rings is 2. The molecule has 0 aromatic heterocycles. The number of alkyl halides is 3. The molecule has 0 saturated carbocycles. The summed E-state index contributed by atoms with van der Waals surface area (Å²) >= 11 is 0. The highest BCUT2D eigenvalue weighted by atomic mass is 32.2. The quantitative estimate of drug-likeness (QED) is 0.741. The van der Waals surface area contributed by atoms with E-state index < -0.39 is 28.7 Å². The third kappa shape index (κ3) is 5.96. The van der Waals surface area contributed by atoms with Gasteiger partial charge in [-0.3, -0.25) is 9.52 Å². The lowest BCUT2D eigenvalue weighted by molar-refractivity contribution is -0.138. The molecule has 2 aromatic carbocycles. The van der Waals surface area contributed by atoms with Gasteiger partial charge in [0.2, 0.25) is 5.91 Å². The molecule has 9 heteroatoms. The van der Waals surface area contributed by atoms with E-state index in [1.165, 1.54) is 29.8 Å². The smallest absolute Gasteiger partial charge is 0.347 e. The lowest BCUT2D eigenvalue weighted by Crippen LogP contribution is -2.34. The SMILES string of the molecule is O=C(Cc1ccc(NS(=O)(=O)c2ccc3c(c2)CCCC3)cc1)NCC(F)(F)F. The predicted molar refractivity (Wildman–Crippen MR) is 103 cm³/mol. The summed E-state index contributed by atoms with van der Waals surface area (Å²) in [6.45, 7) is -1.38. The largest absolute Gasteiger partial charge is 0.405 e. The van der Waals surface area contributed by atoms with Gasteiger partial charge in [-0.15, -0.1) is 0 Å². The number of rotatable bonds is 6. The van der Waals surface area contributed by atoms with Crippen molar-refractivity contribution in [2.45, 2.75) is 43.2 Å². The molecule has 0 heterocycles. The Morgan fingerprint density at radius 3 is 2.28 bits per heavy atom. The molecule has 2 aromatic rings. The molecular formula is C20H21F3N2O3S. The lowest BCUT2D eigenvalue weighted by atomic mass is 9.92. The van der Waals surface area contributed by atoms with Crippen LogP contribution >= 0.6 is 0 Å². The summed E-state index contributed by atoms with van der Waals surface area (Å²) in [5, 5.41) is 1.79. The van der Waals surface area contributed by atoms with Crippen LogP contribution in [-0.2, 0) is 34.1 Å². The second-order valence-electron chi connectivity index (χ2n) is 7.01. The number of sulfonamides is 1. The van der Waals surface area contributed by atoms with Crippen molar-refractivity contribution in [3.05, 3.63) is 59.2 Å². The molecule has 0 aliphatic heterocycles. The van der Waals surface area contributed by atoms with Crippen molar-refractivity contribution >= 4 is 21.6 Å². The molecule has 1 amide bonds. The number of hydrogen-bond donors (Lipinski definition) is 2. The molecule has 0 radical (unpaired) electrons. The summed E-state index contributed by atoms with van der Waals surface area (Å²) in [5.74, 6) is -0.760. The van der Waals surface area contributed by atoms with Gasteiger partial charge in [-0.2, -0.15) is 13.2 Å². The Balaban J connectivity index is 1.63. The highest BCUT2D eigenvalue weighted by Gasteiger charge is 2.27. The predicted octanol–water partition coefficient (Wildman–Crippen LogP) is 3.59. The molecular weight excluding hydrogens is 405 g/mol. The van der Waals surface area contributed by atoms with Crippen LogP contribution in [-0.4, -0.2) is 27.0 Å². The van der Waals surface area contributed by atoms with Gasteiger partial charge in [0.05, 0.1) is 11.3 Å². The Hall–Kier alpha value is -2.55. The summed E-state index contributed by atoms with van der Waals surface area (Å²) in [6.07, 6.45) is -0.715. The lowest BCUT2D eigenvalue weighted by Gasteiger charge is -2.17. The summed E-state index contributed by atoms with van der Waals surface area (Å²) in [5.41, 5.74) is 3.02. The van der Waals surface area contributed by atoms with Crippen LogP contribution in [0.4, 0.5) is 18.9 Å². The van der Waals surface area contributed by atoms with Crippen molar-refractivity contribution in [2.24, 2.45) is 0 Å². The number of halogens is 3. The minimum Gasteiger partial charge on any atom is -0.347 e. The van der Waals surface area contributed by atoms with Gasteiger partial charge >= 0.3 is 6.18 Å². The van der Waals surface area contributed by atoms with Crippen molar-refractivity contribution in [3.8, 4) is 0 Å². The standard InChI is InChI=1S/C20H21F3N2O3S/c21-20(22,23)13-24-19(26)11-14-5-8-17(9-6-14)25-29(27,28)18-10-7-15-3-1-2-4-16(15)12-18/h5-10,12,25H,1-4,11,13H2,(H,24,26). The molecule has 0 spiro atoms. The molecule has 0 fully saturated rings. The maximum Gasteiger partial charge on any atom is 0.405 e. The second kappa shape index (κ2) is 8.44. The van der Waals surface area contributed by atoms with Crippen LogP contribution in [0.2, 0.25) is 0 Å². The summed E-state index contributed by atoms with van der Waals surface area (Å²) in [4.78, 5) is 11.7. The molecule has 0 unspecified atom stereocenters. The number of carbonyl (C=O) groups is 1. The molecule has 3 rings (SSSR count). The van der Waals surface area contributed by atoms with Gasteiger partial charge in [-0.25, -0.2) is 8.42 Å². The van der Waals surface area contributed by atoms with Gasteiger partial charge < -0.3 is 5.32 Å². The molecule has 1 aliphatic carbocycles. The number of carbonyl (C=O) groups excluding carboxylic acids is 1. The maximum atomic E-state index is 12.6. The van der Waals surface area contributed by atoms with E-state index in [2.05, 4.69) is 4.72 Å². The average molecular weight is 426 g/mol. The van der Waals surface area contributed by atoms with E-state index in [1.54, 1.807) is 17.4 Å². The third-order valence-electron chi connectivity index (χ3n) is 4.69. The zero-order valence-corrected chi connectivity index (χ0v) is 16.4. The summed E-state index contributed by atoms with van der Waals surface area (Å²) < 4.78 is 64.1. The van der Waals surface area contributed by atoms with Crippen molar-refractivity contribution in [3.63, 3.8) is 0 Å². The minimum absolute atomic E-state index is 0.189. The molecule has 0 saturated heterocycles. The number of amides is 1. The summed E-state index contributed by atoms with van der Waals surface area (Å²) in [6, 6.07) is 11.1. The first-order chi connectivity index (χ1) is 13.6. The van der Waals surface area contributed by atoms with Gasteiger partial charge in [0.15, 0.2) is 0 Å². The van der Waals surface area contributed by atoms with Crippen LogP contribution in [0.15, 0.2) is 47.4 Å². The Labute approximate surface area is 167 Å². The first-order valence-corrected chi connectivity index (χ1v) is 10.7. The fourth-order valence-corrected chi connectivity index (χ4v) is 4.34. The number of anilines is 1. The third-order valence-corrected chi connectivity index (χ3v) is 6.07. The molecule has 2 N–H and O–H groups in total. The Morgan fingerprint density at radius 2 is 1.62 bits per heavy atom. The van der Waals surface area contributed by atoms with E-state index in [4.69, 9.17) is 0 Å². The normalized spacial score (nSPS) is 14.2. The Kier molecular flexibility index (Phi) is 6.16. The molecule has 0 bridgehead atoms. The van der Waals surface area contributed by atoms with Gasteiger partial charge in [-0.1, -0.05) is 18.2 Å². The van der Waals surface area contributed by atoms with E-state index in [-0.39, 0.29) is 11.3 Å². The second-order valence-corrected chi connectivity index (χ2v) is 8.69. The van der Waals surface area contributed by atoms with E-state index in [0.717, 1.165) is 31.2 Å². The van der Waals surface area contributed by atoms with E-state index in [0.29, 0.717) is 11.3 Å². The maximum absolute atomic E-state index is 12.6. The Bertz CT molecular complexity index is 987. The summed E-state index contributed by atoms with van der Waals surface area (Å²) in [7, 11) is -3.76. The number of nitrogens with one attached hydrogen (secondary N) is 2. The fourth-order valence-electron chi connectivity index (χ4n) is 3.23. The average Bonchev–Trinajstić information content (AvgIpc) is 2.67. The molecule has 5 nitrogen and oxygen atoms in total. The van der Waals surface area contributed by atoms with Crippen LogP contribution in [0.3, 0.4) is 0 Å². The number of fused-ring (bicyclic) bond motifs is 1. The first kappa shape index (κ1) is 21.2. The van der Waals surface area contributed by atoms with Crippen molar-refractivity contribution in [1.29, 1.82) is 0 Å². The van der Waals surface area contributed by atoms with Gasteiger partial charge in [0.25, 0.3) is 10.0 Å².